The van der Waals surface area contributed by atoms with Crippen LogP contribution in [0.25, 0.3) is 0 Å². The van der Waals surface area contributed by atoms with E-state index in [2.05, 4.69) is 25.2 Å². The molecule has 1 aromatic rings. The average molecular weight is 266 g/mol. The number of imide groups is 1. The van der Waals surface area contributed by atoms with E-state index in [-0.39, 0.29) is 30.3 Å². The van der Waals surface area contributed by atoms with E-state index in [4.69, 9.17) is 0 Å². The van der Waals surface area contributed by atoms with Crippen molar-refractivity contribution in [2.24, 2.45) is 5.92 Å². The first-order valence-corrected chi connectivity index (χ1v) is 6.98. The minimum absolute atomic E-state index is 0.105. The fourth-order valence-corrected chi connectivity index (χ4v) is 3.13. The van der Waals surface area contributed by atoms with Gasteiger partial charge in [0.15, 0.2) is 0 Å². The van der Waals surface area contributed by atoms with Gasteiger partial charge in [0.2, 0.25) is 11.8 Å². The maximum Gasteiger partial charge on any atom is 0.246 e. The molecule has 0 saturated carbocycles. The SMILES string of the molecule is CC(C)C(NC1CC(=O)N(C)C1=O)c1cccs1. The van der Waals surface area contributed by atoms with Gasteiger partial charge in [-0.1, -0.05) is 19.9 Å². The second kappa shape index (κ2) is 5.20. The highest BCUT2D eigenvalue weighted by Crippen LogP contribution is 2.27. The first-order valence-electron chi connectivity index (χ1n) is 6.10. The van der Waals surface area contributed by atoms with Gasteiger partial charge in [-0.2, -0.15) is 0 Å². The van der Waals surface area contributed by atoms with E-state index in [1.54, 1.807) is 18.4 Å². The molecule has 1 N–H and O–H groups in total. The molecule has 2 atom stereocenters. The summed E-state index contributed by atoms with van der Waals surface area (Å²) in [7, 11) is 1.54. The molecule has 18 heavy (non-hydrogen) atoms. The zero-order valence-corrected chi connectivity index (χ0v) is 11.7. The van der Waals surface area contributed by atoms with E-state index in [9.17, 15) is 9.59 Å². The predicted molar refractivity (Wildman–Crippen MR) is 71.2 cm³/mol. The van der Waals surface area contributed by atoms with Crippen molar-refractivity contribution in [2.45, 2.75) is 32.4 Å². The van der Waals surface area contributed by atoms with Crippen LogP contribution in [0.4, 0.5) is 0 Å². The van der Waals surface area contributed by atoms with Crippen molar-refractivity contribution >= 4 is 23.2 Å². The molecule has 2 rings (SSSR count). The van der Waals surface area contributed by atoms with Gasteiger partial charge in [-0.05, 0) is 17.4 Å². The van der Waals surface area contributed by atoms with Crippen molar-refractivity contribution in [3.8, 4) is 0 Å². The largest absolute Gasteiger partial charge is 0.297 e. The number of hydrogen-bond acceptors (Lipinski definition) is 4. The highest BCUT2D eigenvalue weighted by atomic mass is 32.1. The minimum atomic E-state index is -0.378. The number of amides is 2. The van der Waals surface area contributed by atoms with E-state index in [0.29, 0.717) is 5.92 Å². The van der Waals surface area contributed by atoms with Crippen molar-refractivity contribution in [3.05, 3.63) is 22.4 Å². The average Bonchev–Trinajstić information content (AvgIpc) is 2.91. The number of nitrogens with one attached hydrogen (secondary N) is 1. The van der Waals surface area contributed by atoms with Gasteiger partial charge in [0.25, 0.3) is 0 Å². The van der Waals surface area contributed by atoms with Crippen molar-refractivity contribution in [1.29, 1.82) is 0 Å². The molecule has 0 aromatic carbocycles. The molecule has 4 nitrogen and oxygen atoms in total. The lowest BCUT2D eigenvalue weighted by Crippen LogP contribution is -2.40. The minimum Gasteiger partial charge on any atom is -0.297 e. The zero-order valence-electron chi connectivity index (χ0n) is 10.8. The lowest BCUT2D eigenvalue weighted by molar-refractivity contribution is -0.137. The monoisotopic (exact) mass is 266 g/mol. The van der Waals surface area contributed by atoms with Crippen molar-refractivity contribution in [1.82, 2.24) is 10.2 Å². The van der Waals surface area contributed by atoms with Crippen LogP contribution >= 0.6 is 11.3 Å². The summed E-state index contributed by atoms with van der Waals surface area (Å²) in [4.78, 5) is 25.8. The van der Waals surface area contributed by atoms with E-state index in [0.717, 1.165) is 0 Å². The van der Waals surface area contributed by atoms with Crippen LogP contribution in [0.3, 0.4) is 0 Å². The van der Waals surface area contributed by atoms with Crippen molar-refractivity contribution < 1.29 is 9.59 Å². The second-order valence-electron chi connectivity index (χ2n) is 4.95. The molecule has 0 aliphatic carbocycles. The van der Waals surface area contributed by atoms with Gasteiger partial charge in [0.1, 0.15) is 0 Å². The molecule has 0 bridgehead atoms. The van der Waals surface area contributed by atoms with Crippen molar-refractivity contribution in [2.75, 3.05) is 7.05 Å². The van der Waals surface area contributed by atoms with Gasteiger partial charge in [0, 0.05) is 18.0 Å². The number of nitrogens with zero attached hydrogens (tertiary/aromatic N) is 1. The molecule has 98 valence electrons. The maximum absolute atomic E-state index is 11.9. The van der Waals surface area contributed by atoms with Crippen LogP contribution in [-0.4, -0.2) is 29.8 Å². The molecule has 2 unspecified atom stereocenters. The summed E-state index contributed by atoms with van der Waals surface area (Å²) in [6.07, 6.45) is 0.268. The fourth-order valence-electron chi connectivity index (χ4n) is 2.17. The zero-order chi connectivity index (χ0) is 13.3. The molecule has 2 amide bonds. The summed E-state index contributed by atoms with van der Waals surface area (Å²) in [5.41, 5.74) is 0. The lowest BCUT2D eigenvalue weighted by Gasteiger charge is -2.24. The number of hydrogen-bond donors (Lipinski definition) is 1. The number of likely N-dealkylation sites (N-methyl/N-ethyl adjacent to an activating group) is 1. The number of thiophene rings is 1. The summed E-state index contributed by atoms with van der Waals surface area (Å²) in [6.45, 7) is 4.23. The van der Waals surface area contributed by atoms with E-state index in [1.165, 1.54) is 9.78 Å². The Hall–Kier alpha value is -1.20. The molecule has 0 spiro atoms. The Bertz CT molecular complexity index is 442. The standard InChI is InChI=1S/C13H18N2O2S/c1-8(2)12(10-5-4-6-18-10)14-9-7-11(16)15(3)13(9)17/h4-6,8-9,12,14H,7H2,1-3H3. The smallest absolute Gasteiger partial charge is 0.246 e. The third kappa shape index (κ3) is 2.47. The molecule has 2 heterocycles. The Morgan fingerprint density at radius 1 is 1.44 bits per heavy atom. The van der Waals surface area contributed by atoms with Crippen LogP contribution in [0.1, 0.15) is 31.2 Å². The van der Waals surface area contributed by atoms with E-state index in [1.807, 2.05) is 11.4 Å². The van der Waals surface area contributed by atoms with Crippen LogP contribution in [0.5, 0.6) is 0 Å². The van der Waals surface area contributed by atoms with Crippen LogP contribution in [0.15, 0.2) is 17.5 Å². The Morgan fingerprint density at radius 3 is 2.61 bits per heavy atom. The fraction of sp³-hybridized carbons (Fsp3) is 0.538. The molecule has 0 radical (unpaired) electrons. The molecule has 1 aromatic heterocycles. The Kier molecular flexibility index (Phi) is 3.82. The van der Waals surface area contributed by atoms with Crippen LogP contribution < -0.4 is 5.32 Å². The van der Waals surface area contributed by atoms with Gasteiger partial charge >= 0.3 is 0 Å². The van der Waals surface area contributed by atoms with Gasteiger partial charge in [-0.15, -0.1) is 11.3 Å². The van der Waals surface area contributed by atoms with E-state index >= 15 is 0 Å². The molecule has 5 heteroatoms. The Morgan fingerprint density at radius 2 is 2.17 bits per heavy atom. The lowest BCUT2D eigenvalue weighted by atomic mass is 10.0. The summed E-state index contributed by atoms with van der Waals surface area (Å²) in [5, 5.41) is 5.35. The Balaban J connectivity index is 2.11. The number of carbonyl (C=O) groups is 2. The van der Waals surface area contributed by atoms with Gasteiger partial charge < -0.3 is 0 Å². The Labute approximate surface area is 111 Å². The second-order valence-corrected chi connectivity index (χ2v) is 5.93. The number of carbonyl (C=O) groups excluding carboxylic acids is 2. The highest BCUT2D eigenvalue weighted by molar-refractivity contribution is 7.10. The summed E-state index contributed by atoms with van der Waals surface area (Å²) in [6, 6.07) is 3.81. The first-order chi connectivity index (χ1) is 8.50. The van der Waals surface area contributed by atoms with Crippen LogP contribution in [-0.2, 0) is 9.59 Å². The summed E-state index contributed by atoms with van der Waals surface area (Å²) in [5.74, 6) is 0.144. The predicted octanol–water partition coefficient (Wildman–Crippen LogP) is 1.79. The third-order valence-electron chi connectivity index (χ3n) is 3.28. The number of rotatable bonds is 4. The summed E-state index contributed by atoms with van der Waals surface area (Å²) >= 11 is 1.67. The van der Waals surface area contributed by atoms with Crippen molar-refractivity contribution in [3.63, 3.8) is 0 Å². The number of likely N-dealkylation sites (tertiary alicyclic amines) is 1. The van der Waals surface area contributed by atoms with Gasteiger partial charge in [-0.25, -0.2) is 0 Å². The molecule has 1 saturated heterocycles. The van der Waals surface area contributed by atoms with Crippen LogP contribution in [0.2, 0.25) is 0 Å². The quantitative estimate of drug-likeness (QED) is 0.845. The van der Waals surface area contributed by atoms with Gasteiger partial charge in [0.05, 0.1) is 12.5 Å². The maximum atomic E-state index is 11.9. The molecular formula is C13H18N2O2S. The van der Waals surface area contributed by atoms with Gasteiger partial charge in [-0.3, -0.25) is 19.8 Å². The molecule has 1 aliphatic heterocycles. The summed E-state index contributed by atoms with van der Waals surface area (Å²) < 4.78 is 0. The van der Waals surface area contributed by atoms with E-state index < -0.39 is 0 Å². The molecule has 1 aliphatic rings. The normalized spacial score (nSPS) is 22.0. The molecule has 1 fully saturated rings. The molecular weight excluding hydrogens is 248 g/mol. The third-order valence-corrected chi connectivity index (χ3v) is 4.23. The van der Waals surface area contributed by atoms with Crippen LogP contribution in [0, 0.1) is 5.92 Å². The topological polar surface area (TPSA) is 49.4 Å². The highest BCUT2D eigenvalue weighted by Gasteiger charge is 2.37. The first kappa shape index (κ1) is 13.2.